The first-order valence-electron chi connectivity index (χ1n) is 5.40. The van der Waals surface area contributed by atoms with E-state index in [0.29, 0.717) is 0 Å². The molecule has 0 rings (SSSR count). The second-order valence-electron chi connectivity index (χ2n) is 4.17. The Balaban J connectivity index is 0. The van der Waals surface area contributed by atoms with E-state index < -0.39 is 11.9 Å². The largest absolute Gasteiger partial charge is 0.456 e. The Kier molecular flexibility index (Phi) is 11.3. The van der Waals surface area contributed by atoms with Gasteiger partial charge in [0.15, 0.2) is 0 Å². The monoisotopic (exact) mass is 233 g/mol. The van der Waals surface area contributed by atoms with Crippen LogP contribution in [0.3, 0.4) is 0 Å². The fraction of sp³-hybridized carbons (Fsp3) is 0.818. The predicted molar refractivity (Wildman–Crippen MR) is 61.8 cm³/mol. The SMILES string of the molecule is CC(C)C.CC(C)OC(=O)C(=O)NCCO. The predicted octanol–water partition coefficient (Wildman–Crippen LogP) is 0.709. The van der Waals surface area contributed by atoms with E-state index in [1.165, 1.54) is 0 Å². The van der Waals surface area contributed by atoms with Crippen molar-refractivity contribution in [3.63, 3.8) is 0 Å². The highest BCUT2D eigenvalue weighted by Crippen LogP contribution is 1.88. The van der Waals surface area contributed by atoms with Gasteiger partial charge in [-0.1, -0.05) is 20.8 Å². The second-order valence-corrected chi connectivity index (χ2v) is 4.17. The van der Waals surface area contributed by atoms with Gasteiger partial charge >= 0.3 is 11.9 Å². The van der Waals surface area contributed by atoms with Crippen LogP contribution in [0.1, 0.15) is 34.6 Å². The molecule has 5 nitrogen and oxygen atoms in total. The molecule has 1 amide bonds. The molecule has 0 heterocycles. The van der Waals surface area contributed by atoms with Gasteiger partial charge in [-0.05, 0) is 19.8 Å². The molecule has 0 aromatic carbocycles. The van der Waals surface area contributed by atoms with Crippen molar-refractivity contribution >= 4 is 11.9 Å². The number of carbonyl (C=O) groups excluding carboxylic acids is 2. The maximum absolute atomic E-state index is 10.7. The molecular weight excluding hydrogens is 210 g/mol. The normalized spacial score (nSPS) is 9.50. The minimum Gasteiger partial charge on any atom is -0.456 e. The minimum absolute atomic E-state index is 0.0615. The van der Waals surface area contributed by atoms with Crippen molar-refractivity contribution in [1.29, 1.82) is 0 Å². The molecular formula is C11H23NO4. The summed E-state index contributed by atoms with van der Waals surface area (Å²) in [5.41, 5.74) is 0. The zero-order valence-corrected chi connectivity index (χ0v) is 10.7. The van der Waals surface area contributed by atoms with E-state index in [1.54, 1.807) is 13.8 Å². The van der Waals surface area contributed by atoms with E-state index in [2.05, 4.69) is 30.8 Å². The molecule has 0 saturated heterocycles. The maximum atomic E-state index is 10.7. The number of aliphatic hydroxyl groups is 1. The lowest BCUT2D eigenvalue weighted by Gasteiger charge is -2.06. The molecule has 2 N–H and O–H groups in total. The lowest BCUT2D eigenvalue weighted by Crippen LogP contribution is -2.35. The zero-order valence-electron chi connectivity index (χ0n) is 10.7. The summed E-state index contributed by atoms with van der Waals surface area (Å²) < 4.78 is 4.58. The molecule has 0 radical (unpaired) electrons. The van der Waals surface area contributed by atoms with Crippen LogP contribution >= 0.6 is 0 Å². The van der Waals surface area contributed by atoms with Crippen LogP contribution in [-0.2, 0) is 14.3 Å². The molecule has 0 unspecified atom stereocenters. The standard InChI is InChI=1S/C7H13NO4.C4H10/c1-5(2)12-7(11)6(10)8-3-4-9;1-4(2)3/h5,9H,3-4H2,1-2H3,(H,8,10);4H,1-3H3. The van der Waals surface area contributed by atoms with Crippen molar-refractivity contribution in [2.75, 3.05) is 13.2 Å². The Labute approximate surface area is 97.2 Å². The molecule has 0 aliphatic heterocycles. The highest BCUT2D eigenvalue weighted by Gasteiger charge is 2.15. The summed E-state index contributed by atoms with van der Waals surface area (Å²) in [6, 6.07) is 0. The van der Waals surface area contributed by atoms with Gasteiger partial charge in [-0.2, -0.15) is 0 Å². The summed E-state index contributed by atoms with van der Waals surface area (Å²) >= 11 is 0. The highest BCUT2D eigenvalue weighted by atomic mass is 16.5. The van der Waals surface area contributed by atoms with E-state index in [0.717, 1.165) is 5.92 Å². The summed E-state index contributed by atoms with van der Waals surface area (Å²) in [7, 11) is 0. The van der Waals surface area contributed by atoms with Gasteiger partial charge in [0.25, 0.3) is 0 Å². The zero-order chi connectivity index (χ0) is 13.1. The van der Waals surface area contributed by atoms with Gasteiger partial charge in [-0.3, -0.25) is 4.79 Å². The molecule has 0 saturated carbocycles. The summed E-state index contributed by atoms with van der Waals surface area (Å²) in [4.78, 5) is 21.5. The number of nitrogens with one attached hydrogen (secondary N) is 1. The number of hydrogen-bond donors (Lipinski definition) is 2. The average Bonchev–Trinajstić information content (AvgIpc) is 2.12. The molecule has 96 valence electrons. The fourth-order valence-electron chi connectivity index (χ4n) is 0.509. The first kappa shape index (κ1) is 17.3. The molecule has 0 aliphatic carbocycles. The van der Waals surface area contributed by atoms with E-state index in [4.69, 9.17) is 5.11 Å². The average molecular weight is 233 g/mol. The molecule has 0 spiro atoms. The van der Waals surface area contributed by atoms with Gasteiger partial charge in [0.2, 0.25) is 0 Å². The van der Waals surface area contributed by atoms with Crippen molar-refractivity contribution in [1.82, 2.24) is 5.32 Å². The molecule has 16 heavy (non-hydrogen) atoms. The molecule has 0 aromatic heterocycles. The van der Waals surface area contributed by atoms with E-state index in [1.807, 2.05) is 0 Å². The number of ether oxygens (including phenoxy) is 1. The first-order valence-corrected chi connectivity index (χ1v) is 5.40. The minimum atomic E-state index is -0.918. The maximum Gasteiger partial charge on any atom is 0.397 e. The van der Waals surface area contributed by atoms with Crippen LogP contribution in [0.25, 0.3) is 0 Å². The third-order valence-corrected chi connectivity index (χ3v) is 0.925. The van der Waals surface area contributed by atoms with Crippen molar-refractivity contribution in [2.24, 2.45) is 5.92 Å². The number of carbonyl (C=O) groups is 2. The molecule has 0 bridgehead atoms. The smallest absolute Gasteiger partial charge is 0.397 e. The van der Waals surface area contributed by atoms with Crippen LogP contribution in [-0.4, -0.2) is 36.2 Å². The quantitative estimate of drug-likeness (QED) is 0.556. The van der Waals surface area contributed by atoms with Gasteiger partial charge in [0.1, 0.15) is 0 Å². The Bertz CT molecular complexity index is 199. The van der Waals surface area contributed by atoms with Gasteiger partial charge < -0.3 is 15.2 Å². The van der Waals surface area contributed by atoms with Gasteiger partial charge in [0, 0.05) is 6.54 Å². The van der Waals surface area contributed by atoms with Gasteiger partial charge in [-0.25, -0.2) is 4.79 Å². The third kappa shape index (κ3) is 15.4. The Morgan fingerprint density at radius 1 is 1.19 bits per heavy atom. The van der Waals surface area contributed by atoms with Crippen molar-refractivity contribution < 1.29 is 19.4 Å². The number of aliphatic hydroxyl groups excluding tert-OH is 1. The number of rotatable bonds is 3. The van der Waals surface area contributed by atoms with Crippen molar-refractivity contribution in [2.45, 2.75) is 40.7 Å². The van der Waals surface area contributed by atoms with E-state index >= 15 is 0 Å². The lowest BCUT2D eigenvalue weighted by atomic mass is 10.3. The molecule has 5 heteroatoms. The van der Waals surface area contributed by atoms with Gasteiger partial charge in [-0.15, -0.1) is 0 Å². The Morgan fingerprint density at radius 2 is 1.62 bits per heavy atom. The molecule has 0 fully saturated rings. The summed E-state index contributed by atoms with van der Waals surface area (Å²) in [6.07, 6.45) is -0.308. The number of esters is 1. The van der Waals surface area contributed by atoms with Crippen LogP contribution in [0.5, 0.6) is 0 Å². The van der Waals surface area contributed by atoms with Crippen molar-refractivity contribution in [3.05, 3.63) is 0 Å². The molecule has 0 aromatic rings. The van der Waals surface area contributed by atoms with E-state index in [-0.39, 0.29) is 19.3 Å². The van der Waals surface area contributed by atoms with Crippen LogP contribution in [0.2, 0.25) is 0 Å². The Hall–Kier alpha value is -1.10. The third-order valence-electron chi connectivity index (χ3n) is 0.925. The Morgan fingerprint density at radius 3 is 1.94 bits per heavy atom. The van der Waals surface area contributed by atoms with Crippen LogP contribution in [0.15, 0.2) is 0 Å². The van der Waals surface area contributed by atoms with Gasteiger partial charge in [0.05, 0.1) is 12.7 Å². The van der Waals surface area contributed by atoms with Crippen LogP contribution < -0.4 is 5.32 Å². The highest BCUT2D eigenvalue weighted by molar-refractivity contribution is 6.32. The first-order chi connectivity index (χ1) is 7.31. The number of amides is 1. The summed E-state index contributed by atoms with van der Waals surface area (Å²) in [5.74, 6) is -0.906. The second kappa shape index (κ2) is 10.4. The van der Waals surface area contributed by atoms with Crippen LogP contribution in [0, 0.1) is 5.92 Å². The fourth-order valence-corrected chi connectivity index (χ4v) is 0.509. The van der Waals surface area contributed by atoms with Crippen LogP contribution in [0.4, 0.5) is 0 Å². The lowest BCUT2D eigenvalue weighted by molar-refractivity contribution is -0.157. The molecule has 0 atom stereocenters. The summed E-state index contributed by atoms with van der Waals surface area (Å²) in [5, 5.41) is 10.5. The molecule has 0 aliphatic rings. The summed E-state index contributed by atoms with van der Waals surface area (Å²) in [6.45, 7) is 9.67. The topological polar surface area (TPSA) is 75.6 Å². The van der Waals surface area contributed by atoms with E-state index in [9.17, 15) is 9.59 Å². The van der Waals surface area contributed by atoms with Crippen molar-refractivity contribution in [3.8, 4) is 0 Å². The number of hydrogen-bond acceptors (Lipinski definition) is 4.